The van der Waals surface area contributed by atoms with E-state index in [1.165, 1.54) is 4.90 Å². The molecule has 0 radical (unpaired) electrons. The Balaban J connectivity index is 1.62. The number of amides is 1. The highest BCUT2D eigenvalue weighted by Gasteiger charge is 2.25. The molecule has 2 aromatic heterocycles. The maximum atomic E-state index is 12.5. The minimum Gasteiger partial charge on any atom is -0.447 e. The molecule has 27 heavy (non-hydrogen) atoms. The Morgan fingerprint density at radius 1 is 1.33 bits per heavy atom. The topological polar surface area (TPSA) is 100 Å². The smallest absolute Gasteiger partial charge is 0.415 e. The highest BCUT2D eigenvalue weighted by atomic mass is 35.5. The van der Waals surface area contributed by atoms with Gasteiger partial charge in [0.2, 0.25) is 5.95 Å². The van der Waals surface area contributed by atoms with Crippen LogP contribution in [0, 0.1) is 0 Å². The van der Waals surface area contributed by atoms with E-state index in [-0.39, 0.29) is 11.6 Å². The van der Waals surface area contributed by atoms with Gasteiger partial charge in [-0.1, -0.05) is 23.7 Å². The van der Waals surface area contributed by atoms with Crippen LogP contribution in [-0.2, 0) is 4.74 Å². The number of fused-ring (bicyclic) bond motifs is 1. The summed E-state index contributed by atoms with van der Waals surface area (Å²) in [6, 6.07) is 8.49. The summed E-state index contributed by atoms with van der Waals surface area (Å²) in [5.41, 5.74) is 0.889. The quantitative estimate of drug-likeness (QED) is 0.715. The van der Waals surface area contributed by atoms with Crippen LogP contribution in [0.25, 0.3) is 10.9 Å². The van der Waals surface area contributed by atoms with Crippen LogP contribution < -0.4 is 15.8 Å². The predicted molar refractivity (Wildman–Crippen MR) is 102 cm³/mol. The Morgan fingerprint density at radius 2 is 2.19 bits per heavy atom. The molecule has 0 aliphatic carbocycles. The lowest BCUT2D eigenvalue weighted by atomic mass is 10.1. The summed E-state index contributed by atoms with van der Waals surface area (Å²) in [4.78, 5) is 36.9. The van der Waals surface area contributed by atoms with E-state index >= 15 is 0 Å². The average molecular weight is 386 g/mol. The number of para-hydroxylation sites is 1. The average Bonchev–Trinajstić information content (AvgIpc) is 3.08. The molecule has 9 heteroatoms. The van der Waals surface area contributed by atoms with E-state index in [1.54, 1.807) is 24.4 Å². The first-order valence-electron chi connectivity index (χ1n) is 8.38. The Morgan fingerprint density at radius 3 is 2.96 bits per heavy atom. The fourth-order valence-electron chi connectivity index (χ4n) is 2.98. The van der Waals surface area contributed by atoms with E-state index in [0.717, 1.165) is 5.39 Å². The van der Waals surface area contributed by atoms with Crippen molar-refractivity contribution in [3.8, 4) is 0 Å². The Hall–Kier alpha value is -3.13. The van der Waals surface area contributed by atoms with Crippen LogP contribution in [0.3, 0.4) is 0 Å². The minimum atomic E-state index is -0.435. The standard InChI is InChI=1S/C18H16ClN5O3/c1-10(12-9-11-3-2-4-13(19)15(11)23-16(12)25)21-17-20-6-5-14(22-17)24-7-8-27-18(24)26/h2-6,9-10H,7-8H2,1H3,(H,23,25)(H,20,21,22)/t10-/m1/s1. The first kappa shape index (κ1) is 17.3. The van der Waals surface area contributed by atoms with E-state index in [1.807, 2.05) is 19.1 Å². The number of aromatic nitrogens is 3. The van der Waals surface area contributed by atoms with Gasteiger partial charge in [0, 0.05) is 17.1 Å². The molecule has 8 nitrogen and oxygen atoms in total. The molecule has 3 heterocycles. The fraction of sp³-hybridized carbons (Fsp3) is 0.222. The number of carbonyl (C=O) groups excluding carboxylic acids is 1. The number of aromatic amines is 1. The van der Waals surface area contributed by atoms with Gasteiger partial charge in [-0.3, -0.25) is 9.69 Å². The number of nitrogens with one attached hydrogen (secondary N) is 2. The Labute approximate surface area is 159 Å². The fourth-order valence-corrected chi connectivity index (χ4v) is 3.20. The van der Waals surface area contributed by atoms with Crippen molar-refractivity contribution in [2.45, 2.75) is 13.0 Å². The van der Waals surface area contributed by atoms with E-state index in [9.17, 15) is 9.59 Å². The van der Waals surface area contributed by atoms with Crippen molar-refractivity contribution < 1.29 is 9.53 Å². The van der Waals surface area contributed by atoms with Crippen molar-refractivity contribution >= 4 is 40.4 Å². The summed E-state index contributed by atoms with van der Waals surface area (Å²) >= 11 is 6.13. The van der Waals surface area contributed by atoms with Crippen LogP contribution in [0.4, 0.5) is 16.6 Å². The van der Waals surface area contributed by atoms with Crippen molar-refractivity contribution in [3.05, 3.63) is 57.5 Å². The summed E-state index contributed by atoms with van der Waals surface area (Å²) in [5.74, 6) is 0.756. The first-order valence-corrected chi connectivity index (χ1v) is 8.76. The van der Waals surface area contributed by atoms with Crippen LogP contribution in [0.2, 0.25) is 5.02 Å². The van der Waals surface area contributed by atoms with Crippen LogP contribution in [0.15, 0.2) is 41.3 Å². The van der Waals surface area contributed by atoms with Gasteiger partial charge in [0.1, 0.15) is 12.4 Å². The number of H-pyrrole nitrogens is 1. The van der Waals surface area contributed by atoms with Crippen LogP contribution in [0.1, 0.15) is 18.5 Å². The zero-order chi connectivity index (χ0) is 19.0. The zero-order valence-corrected chi connectivity index (χ0v) is 15.2. The molecule has 1 aliphatic rings. The highest BCUT2D eigenvalue weighted by Crippen LogP contribution is 2.23. The summed E-state index contributed by atoms with van der Waals surface area (Å²) < 4.78 is 4.93. The van der Waals surface area contributed by atoms with Crippen molar-refractivity contribution in [3.63, 3.8) is 0 Å². The number of hydrogen-bond acceptors (Lipinski definition) is 6. The number of anilines is 2. The van der Waals surface area contributed by atoms with Gasteiger partial charge >= 0.3 is 6.09 Å². The second-order valence-corrected chi connectivity index (χ2v) is 6.54. The molecule has 1 saturated heterocycles. The third-order valence-electron chi connectivity index (χ3n) is 4.35. The molecule has 1 amide bonds. The summed E-state index contributed by atoms with van der Waals surface area (Å²) in [5, 5.41) is 4.43. The molecule has 2 N–H and O–H groups in total. The Bertz CT molecular complexity index is 1080. The molecule has 1 aliphatic heterocycles. The van der Waals surface area contributed by atoms with E-state index in [2.05, 4.69) is 20.3 Å². The van der Waals surface area contributed by atoms with Crippen LogP contribution in [0.5, 0.6) is 0 Å². The molecule has 0 saturated carbocycles. The van der Waals surface area contributed by atoms with Crippen LogP contribution >= 0.6 is 11.6 Å². The second-order valence-electron chi connectivity index (χ2n) is 6.13. The largest absolute Gasteiger partial charge is 0.447 e. The molecule has 0 bridgehead atoms. The van der Waals surface area contributed by atoms with Crippen LogP contribution in [-0.4, -0.2) is 34.2 Å². The normalized spacial score (nSPS) is 15.0. The molecule has 0 spiro atoms. The predicted octanol–water partition coefficient (Wildman–Crippen LogP) is 3.10. The molecule has 3 aromatic rings. The summed E-state index contributed by atoms with van der Waals surface area (Å²) in [6.07, 6.45) is 1.11. The zero-order valence-electron chi connectivity index (χ0n) is 14.4. The molecule has 4 rings (SSSR count). The molecule has 0 unspecified atom stereocenters. The third kappa shape index (κ3) is 3.31. The number of rotatable bonds is 4. The van der Waals surface area contributed by atoms with Crippen molar-refractivity contribution in [1.29, 1.82) is 0 Å². The van der Waals surface area contributed by atoms with Gasteiger partial charge < -0.3 is 15.0 Å². The van der Waals surface area contributed by atoms with Gasteiger partial charge in [0.05, 0.1) is 23.1 Å². The van der Waals surface area contributed by atoms with Gasteiger partial charge in [0.15, 0.2) is 0 Å². The molecule has 1 atom stereocenters. The van der Waals surface area contributed by atoms with Crippen molar-refractivity contribution in [2.75, 3.05) is 23.4 Å². The molecule has 138 valence electrons. The summed E-state index contributed by atoms with van der Waals surface area (Å²) in [7, 11) is 0. The van der Waals surface area contributed by atoms with Gasteiger partial charge in [-0.25, -0.2) is 9.78 Å². The lowest BCUT2D eigenvalue weighted by molar-refractivity contribution is 0.181. The first-order chi connectivity index (χ1) is 13.0. The van der Waals surface area contributed by atoms with Gasteiger partial charge in [-0.15, -0.1) is 0 Å². The molecule has 1 fully saturated rings. The lowest BCUT2D eigenvalue weighted by Gasteiger charge is -2.16. The number of nitrogens with zero attached hydrogens (tertiary/aromatic N) is 3. The van der Waals surface area contributed by atoms with E-state index < -0.39 is 6.09 Å². The maximum absolute atomic E-state index is 12.5. The van der Waals surface area contributed by atoms with E-state index in [0.29, 0.717) is 41.0 Å². The summed E-state index contributed by atoms with van der Waals surface area (Å²) in [6.45, 7) is 2.61. The second kappa shape index (κ2) is 6.88. The molecular formula is C18H16ClN5O3. The number of halogens is 1. The SMILES string of the molecule is C[C@@H](Nc1nccc(N2CCOC2=O)n1)c1cc2cccc(Cl)c2[nH]c1=O. The van der Waals surface area contributed by atoms with Gasteiger partial charge in [-0.05, 0) is 25.1 Å². The number of benzene rings is 1. The molecule has 1 aromatic carbocycles. The number of cyclic esters (lactones) is 1. The minimum absolute atomic E-state index is 0.241. The Kier molecular flexibility index (Phi) is 4.41. The molecular weight excluding hydrogens is 370 g/mol. The van der Waals surface area contributed by atoms with E-state index in [4.69, 9.17) is 16.3 Å². The number of ether oxygens (including phenoxy) is 1. The van der Waals surface area contributed by atoms with Gasteiger partial charge in [0.25, 0.3) is 5.56 Å². The maximum Gasteiger partial charge on any atom is 0.415 e. The van der Waals surface area contributed by atoms with Gasteiger partial charge in [-0.2, -0.15) is 4.98 Å². The number of hydrogen-bond donors (Lipinski definition) is 2. The third-order valence-corrected chi connectivity index (χ3v) is 4.66. The lowest BCUT2D eigenvalue weighted by Crippen LogP contribution is -2.25. The highest BCUT2D eigenvalue weighted by molar-refractivity contribution is 6.35. The van der Waals surface area contributed by atoms with Crippen molar-refractivity contribution in [2.24, 2.45) is 0 Å². The monoisotopic (exact) mass is 385 g/mol. The number of pyridine rings is 1. The van der Waals surface area contributed by atoms with Crippen molar-refractivity contribution in [1.82, 2.24) is 15.0 Å². The number of carbonyl (C=O) groups is 1.